The molecule has 0 aliphatic rings. The molecule has 0 atom stereocenters. The zero-order chi connectivity index (χ0) is 19.2. The Morgan fingerprint density at radius 2 is 1.85 bits per heavy atom. The fourth-order valence-electron chi connectivity index (χ4n) is 2.59. The molecule has 0 bridgehead atoms. The number of carbonyl (C=O) groups is 2. The number of aryl methyl sites for hydroxylation is 1. The van der Waals surface area contributed by atoms with Crippen LogP contribution in [0.4, 0.5) is 0 Å². The molecule has 6 nitrogen and oxygen atoms in total. The van der Waals surface area contributed by atoms with E-state index in [0.29, 0.717) is 22.8 Å². The number of oxazole rings is 1. The third-order valence-electron chi connectivity index (χ3n) is 4.09. The molecular formula is C21H20N2O4. The molecule has 138 valence electrons. The summed E-state index contributed by atoms with van der Waals surface area (Å²) in [5.41, 5.74) is 3.10. The summed E-state index contributed by atoms with van der Waals surface area (Å²) in [6.07, 6.45) is 1.76. The van der Waals surface area contributed by atoms with Crippen molar-refractivity contribution in [3.63, 3.8) is 0 Å². The van der Waals surface area contributed by atoms with E-state index in [-0.39, 0.29) is 24.8 Å². The van der Waals surface area contributed by atoms with E-state index in [2.05, 4.69) is 15.0 Å². The number of ether oxygens (including phenoxy) is 1. The highest BCUT2D eigenvalue weighted by atomic mass is 16.5. The van der Waals surface area contributed by atoms with Crippen molar-refractivity contribution in [3.8, 4) is 22.8 Å². The van der Waals surface area contributed by atoms with Gasteiger partial charge in [0, 0.05) is 17.7 Å². The Labute approximate surface area is 157 Å². The fraction of sp³-hybridized carbons (Fsp3) is 0.190. The average molecular weight is 364 g/mol. The van der Waals surface area contributed by atoms with Crippen LogP contribution in [0.3, 0.4) is 0 Å². The Balaban J connectivity index is 1.81. The van der Waals surface area contributed by atoms with E-state index in [9.17, 15) is 9.59 Å². The van der Waals surface area contributed by atoms with Crippen LogP contribution in [0.15, 0.2) is 59.1 Å². The van der Waals surface area contributed by atoms with Crippen LogP contribution in [-0.2, 0) is 9.53 Å². The molecule has 0 fully saturated rings. The lowest BCUT2D eigenvalue weighted by atomic mass is 10.1. The maximum atomic E-state index is 12.5. The lowest BCUT2D eigenvalue weighted by Gasteiger charge is -2.07. The molecular weight excluding hydrogens is 344 g/mol. The molecule has 2 aromatic carbocycles. The Morgan fingerprint density at radius 3 is 2.59 bits per heavy atom. The summed E-state index contributed by atoms with van der Waals surface area (Å²) in [6, 6.07) is 15.0. The Morgan fingerprint density at radius 1 is 1.11 bits per heavy atom. The zero-order valence-electron chi connectivity index (χ0n) is 15.2. The third kappa shape index (κ3) is 4.41. The summed E-state index contributed by atoms with van der Waals surface area (Å²) >= 11 is 0. The van der Waals surface area contributed by atoms with Crippen molar-refractivity contribution in [2.45, 2.75) is 13.3 Å². The molecule has 3 rings (SSSR count). The van der Waals surface area contributed by atoms with Gasteiger partial charge in [0.1, 0.15) is 0 Å². The topological polar surface area (TPSA) is 81.4 Å². The number of methoxy groups -OCH3 is 1. The second-order valence-corrected chi connectivity index (χ2v) is 6.02. The fourth-order valence-corrected chi connectivity index (χ4v) is 2.59. The van der Waals surface area contributed by atoms with Gasteiger partial charge in [-0.15, -0.1) is 0 Å². The van der Waals surface area contributed by atoms with E-state index in [1.165, 1.54) is 7.11 Å². The van der Waals surface area contributed by atoms with Gasteiger partial charge in [-0.2, -0.15) is 0 Å². The van der Waals surface area contributed by atoms with Crippen LogP contribution < -0.4 is 5.32 Å². The van der Waals surface area contributed by atoms with E-state index < -0.39 is 0 Å². The Hall–Kier alpha value is -3.41. The monoisotopic (exact) mass is 364 g/mol. The molecule has 0 unspecified atom stereocenters. The van der Waals surface area contributed by atoms with Crippen LogP contribution in [0.1, 0.15) is 22.3 Å². The minimum absolute atomic E-state index is 0.112. The first-order chi connectivity index (χ1) is 13.1. The van der Waals surface area contributed by atoms with Crippen LogP contribution in [0.5, 0.6) is 0 Å². The van der Waals surface area contributed by atoms with Crippen LogP contribution in [0.25, 0.3) is 22.8 Å². The molecule has 0 saturated heterocycles. The van der Waals surface area contributed by atoms with Gasteiger partial charge in [-0.1, -0.05) is 42.0 Å². The summed E-state index contributed by atoms with van der Waals surface area (Å²) in [6.45, 7) is 2.21. The molecule has 6 heteroatoms. The Kier molecular flexibility index (Phi) is 5.66. The minimum Gasteiger partial charge on any atom is -0.469 e. The summed E-state index contributed by atoms with van der Waals surface area (Å²) < 4.78 is 10.4. The quantitative estimate of drug-likeness (QED) is 0.676. The van der Waals surface area contributed by atoms with Crippen LogP contribution in [-0.4, -0.2) is 30.5 Å². The van der Waals surface area contributed by atoms with Gasteiger partial charge in [-0.25, -0.2) is 4.98 Å². The van der Waals surface area contributed by atoms with Crippen molar-refractivity contribution >= 4 is 11.9 Å². The Bertz CT molecular complexity index is 945. The molecule has 0 aliphatic heterocycles. The zero-order valence-corrected chi connectivity index (χ0v) is 15.2. The predicted molar refractivity (Wildman–Crippen MR) is 101 cm³/mol. The lowest BCUT2D eigenvalue weighted by molar-refractivity contribution is -0.140. The van der Waals surface area contributed by atoms with E-state index in [0.717, 1.165) is 11.1 Å². The second kappa shape index (κ2) is 8.31. The van der Waals surface area contributed by atoms with E-state index in [1.807, 2.05) is 37.3 Å². The van der Waals surface area contributed by atoms with Crippen LogP contribution >= 0.6 is 0 Å². The van der Waals surface area contributed by atoms with Crippen molar-refractivity contribution in [1.29, 1.82) is 0 Å². The molecule has 0 spiro atoms. The molecule has 0 radical (unpaired) electrons. The molecule has 0 aliphatic carbocycles. The lowest BCUT2D eigenvalue weighted by Crippen LogP contribution is -2.26. The molecule has 1 heterocycles. The molecule has 1 N–H and O–H groups in total. The van der Waals surface area contributed by atoms with Crippen LogP contribution in [0.2, 0.25) is 0 Å². The number of carbonyl (C=O) groups excluding carboxylic acids is 2. The molecule has 27 heavy (non-hydrogen) atoms. The number of amides is 1. The van der Waals surface area contributed by atoms with Crippen LogP contribution in [0, 0.1) is 6.92 Å². The first-order valence-corrected chi connectivity index (χ1v) is 8.56. The maximum Gasteiger partial charge on any atom is 0.307 e. The minimum atomic E-state index is -0.376. The van der Waals surface area contributed by atoms with Gasteiger partial charge in [0.25, 0.3) is 5.91 Å². The number of rotatable bonds is 6. The van der Waals surface area contributed by atoms with Crippen molar-refractivity contribution in [2.75, 3.05) is 13.7 Å². The number of benzene rings is 2. The van der Waals surface area contributed by atoms with Crippen molar-refractivity contribution in [2.24, 2.45) is 0 Å². The molecule has 0 saturated carbocycles. The number of nitrogens with one attached hydrogen (secondary N) is 1. The standard InChI is InChI=1S/C21H20N2O4/c1-14-7-9-15(10-8-14)18-13-23-21(27-18)17-6-4-3-5-16(17)20(25)22-12-11-19(24)26-2/h3-10,13H,11-12H2,1-2H3,(H,22,25). The van der Waals surface area contributed by atoms with Gasteiger partial charge in [-0.05, 0) is 19.1 Å². The average Bonchev–Trinajstić information content (AvgIpc) is 3.18. The number of nitrogens with zero attached hydrogens (tertiary/aromatic N) is 1. The second-order valence-electron chi connectivity index (χ2n) is 6.02. The van der Waals surface area contributed by atoms with Crippen molar-refractivity contribution in [3.05, 3.63) is 65.9 Å². The summed E-state index contributed by atoms with van der Waals surface area (Å²) in [7, 11) is 1.31. The number of esters is 1. The summed E-state index contributed by atoms with van der Waals surface area (Å²) in [4.78, 5) is 28.0. The van der Waals surface area contributed by atoms with Gasteiger partial charge in [0.2, 0.25) is 5.89 Å². The number of hydrogen-bond donors (Lipinski definition) is 1. The molecule has 3 aromatic rings. The van der Waals surface area contributed by atoms with E-state index >= 15 is 0 Å². The van der Waals surface area contributed by atoms with Crippen molar-refractivity contribution < 1.29 is 18.7 Å². The van der Waals surface area contributed by atoms with E-state index in [4.69, 9.17) is 4.42 Å². The maximum absolute atomic E-state index is 12.5. The highest BCUT2D eigenvalue weighted by Gasteiger charge is 2.17. The van der Waals surface area contributed by atoms with Crippen molar-refractivity contribution in [1.82, 2.24) is 10.3 Å². The normalized spacial score (nSPS) is 10.4. The smallest absolute Gasteiger partial charge is 0.307 e. The largest absolute Gasteiger partial charge is 0.469 e. The highest BCUT2D eigenvalue weighted by molar-refractivity contribution is 6.00. The van der Waals surface area contributed by atoms with Gasteiger partial charge in [-0.3, -0.25) is 9.59 Å². The summed E-state index contributed by atoms with van der Waals surface area (Å²) in [5, 5.41) is 2.71. The first kappa shape index (κ1) is 18.4. The number of aromatic nitrogens is 1. The number of hydrogen-bond acceptors (Lipinski definition) is 5. The molecule has 1 amide bonds. The van der Waals surface area contributed by atoms with Gasteiger partial charge >= 0.3 is 5.97 Å². The van der Waals surface area contributed by atoms with Gasteiger partial charge < -0.3 is 14.5 Å². The summed E-state index contributed by atoms with van der Waals surface area (Å²) in [5.74, 6) is 0.318. The highest BCUT2D eigenvalue weighted by Crippen LogP contribution is 2.28. The SMILES string of the molecule is COC(=O)CCNC(=O)c1ccccc1-c1ncc(-c2ccc(C)cc2)o1. The third-order valence-corrected chi connectivity index (χ3v) is 4.09. The van der Waals surface area contributed by atoms with Gasteiger partial charge in [0.15, 0.2) is 5.76 Å². The predicted octanol–water partition coefficient (Wildman–Crippen LogP) is 3.61. The van der Waals surface area contributed by atoms with E-state index in [1.54, 1.807) is 24.4 Å². The molecule has 1 aromatic heterocycles. The van der Waals surface area contributed by atoms with Gasteiger partial charge in [0.05, 0.1) is 25.3 Å². The first-order valence-electron chi connectivity index (χ1n) is 8.56.